The molecule has 0 N–H and O–H groups in total. The van der Waals surface area contributed by atoms with Crippen LogP contribution in [-0.2, 0) is 0 Å². The van der Waals surface area contributed by atoms with E-state index in [0.29, 0.717) is 16.7 Å². The maximum Gasteiger partial charge on any atom is 0.121 e. The highest BCUT2D eigenvalue weighted by Gasteiger charge is 2.18. The fourth-order valence-corrected chi connectivity index (χ4v) is 6.83. The average molecular weight is 604 g/mol. The van der Waals surface area contributed by atoms with Gasteiger partial charge in [0.25, 0.3) is 0 Å². The Morgan fingerprint density at radius 2 is 1.06 bits per heavy atom. The molecule has 0 aliphatic carbocycles. The van der Waals surface area contributed by atoms with Gasteiger partial charge in [-0.2, -0.15) is 0 Å². The molecule has 0 spiro atoms. The van der Waals surface area contributed by atoms with Crippen LogP contribution in [0.1, 0.15) is 5.48 Å². The van der Waals surface area contributed by atoms with Crippen LogP contribution >= 0.6 is 0 Å². The van der Waals surface area contributed by atoms with Crippen LogP contribution in [0.5, 0.6) is 0 Å². The summed E-state index contributed by atoms with van der Waals surface area (Å²) in [4.78, 5) is 9.22. The molecule has 0 atom stereocenters. The molecule has 0 fully saturated rings. The molecular formula is C42H25N5. The molecular weight excluding hydrogens is 574 g/mol. The van der Waals surface area contributed by atoms with Crippen molar-refractivity contribution in [2.75, 3.05) is 0 Å². The van der Waals surface area contributed by atoms with Gasteiger partial charge in [-0.25, -0.2) is 0 Å². The fraction of sp³-hybridized carbons (Fsp3) is 0. The molecule has 5 nitrogen and oxygen atoms in total. The Balaban J connectivity index is 1.24. The van der Waals surface area contributed by atoms with Crippen LogP contribution in [0.2, 0.25) is 0 Å². The summed E-state index contributed by atoms with van der Waals surface area (Å²) >= 11 is 0. The lowest BCUT2D eigenvalue weighted by Crippen LogP contribution is -1.99. The third kappa shape index (κ3) is 3.97. The lowest BCUT2D eigenvalue weighted by Gasteiger charge is -2.11. The zero-order valence-electron chi connectivity index (χ0n) is 28.9. The number of hydrogen-bond acceptors (Lipinski definition) is 4. The van der Waals surface area contributed by atoms with Gasteiger partial charge < -0.3 is 4.57 Å². The molecule has 0 saturated heterocycles. The largest absolute Gasteiger partial charge is 0.309 e. The first-order valence-corrected chi connectivity index (χ1v) is 15.4. The molecule has 0 saturated carbocycles. The van der Waals surface area contributed by atoms with E-state index in [1.165, 1.54) is 6.20 Å². The predicted octanol–water partition coefficient (Wildman–Crippen LogP) is 10.3. The molecule has 47 heavy (non-hydrogen) atoms. The molecule has 0 radical (unpaired) electrons. The van der Waals surface area contributed by atoms with Gasteiger partial charge in [0.2, 0.25) is 0 Å². The minimum atomic E-state index is -0.234. The van der Waals surface area contributed by atoms with Crippen molar-refractivity contribution in [3.63, 3.8) is 0 Å². The Morgan fingerprint density at radius 1 is 0.468 bits per heavy atom. The highest BCUT2D eigenvalue weighted by atomic mass is 15.1. The molecule has 3 heterocycles. The van der Waals surface area contributed by atoms with Crippen LogP contribution in [0, 0.1) is 0 Å². The van der Waals surface area contributed by atoms with Crippen LogP contribution < -0.4 is 0 Å². The van der Waals surface area contributed by atoms with Gasteiger partial charge in [-0.15, -0.1) is 10.2 Å². The van der Waals surface area contributed by atoms with Crippen molar-refractivity contribution in [2.45, 2.75) is 0 Å². The molecule has 10 rings (SSSR count). The van der Waals surface area contributed by atoms with Gasteiger partial charge in [-0.1, -0.05) is 103 Å². The first kappa shape index (κ1) is 22.1. The standard InChI is InChI=1S/C42H25N5/c1-2-9-29-23-32(14-13-26(29)7-1)40-42-41(43-21-22-44-42)39(45-46-40)28-15-18-33(19-16-28)47-36-20-17-27-8-5-6-12-34(27)38(36)35-24-30-10-3-4-11-31(30)25-37(35)47/h1-25H/i15D,16D,18D,19D. The summed E-state index contributed by atoms with van der Waals surface area (Å²) in [5.41, 5.74) is 4.05. The maximum atomic E-state index is 9.44. The molecule has 3 aromatic heterocycles. The van der Waals surface area contributed by atoms with E-state index in [9.17, 15) is 5.48 Å². The van der Waals surface area contributed by atoms with E-state index in [0.717, 1.165) is 59.7 Å². The van der Waals surface area contributed by atoms with Crippen LogP contribution in [-0.4, -0.2) is 24.7 Å². The molecule has 218 valence electrons. The van der Waals surface area contributed by atoms with Crippen LogP contribution in [0.3, 0.4) is 0 Å². The Morgan fingerprint density at radius 3 is 1.81 bits per heavy atom. The van der Waals surface area contributed by atoms with Crippen LogP contribution in [0.25, 0.3) is 93.4 Å². The summed E-state index contributed by atoms with van der Waals surface area (Å²) in [5.74, 6) is 0. The van der Waals surface area contributed by atoms with Crippen molar-refractivity contribution in [1.82, 2.24) is 24.7 Å². The number of benzene rings is 7. The second kappa shape index (κ2) is 10.0. The van der Waals surface area contributed by atoms with Crippen molar-refractivity contribution in [3.05, 3.63) is 152 Å². The summed E-state index contributed by atoms with van der Waals surface area (Å²) in [5, 5.41) is 17.4. The lowest BCUT2D eigenvalue weighted by molar-refractivity contribution is 1.05. The number of aromatic nitrogens is 5. The SMILES string of the molecule is [2H]c1c([2H])c(-n2c3cc4ccccc4cc3c3c4ccccc4ccc32)c([2H])c([2H])c1-c1nnc(-c2ccc3ccccc3c2)c2nccnc12. The Hall–Kier alpha value is -6.46. The van der Waals surface area contributed by atoms with Gasteiger partial charge in [0, 0.05) is 40.0 Å². The minimum Gasteiger partial charge on any atom is -0.309 e. The van der Waals surface area contributed by atoms with Crippen molar-refractivity contribution >= 4 is 65.2 Å². The van der Waals surface area contributed by atoms with E-state index < -0.39 is 0 Å². The van der Waals surface area contributed by atoms with E-state index in [2.05, 4.69) is 50.5 Å². The fourth-order valence-electron chi connectivity index (χ4n) is 6.83. The molecule has 0 amide bonds. The molecule has 0 unspecified atom stereocenters. The monoisotopic (exact) mass is 603 g/mol. The average Bonchev–Trinajstić information content (AvgIpc) is 3.49. The molecule has 10 aromatic rings. The smallest absolute Gasteiger partial charge is 0.121 e. The lowest BCUT2D eigenvalue weighted by atomic mass is 10.0. The van der Waals surface area contributed by atoms with Gasteiger partial charge in [0.05, 0.1) is 16.5 Å². The van der Waals surface area contributed by atoms with E-state index in [1.54, 1.807) is 6.20 Å². The zero-order chi connectivity index (χ0) is 34.4. The highest BCUT2D eigenvalue weighted by molar-refractivity contribution is 6.23. The number of hydrogen-bond donors (Lipinski definition) is 0. The second-order valence-electron chi connectivity index (χ2n) is 11.7. The first-order valence-electron chi connectivity index (χ1n) is 17.4. The molecule has 5 heteroatoms. The normalized spacial score (nSPS) is 13.0. The molecule has 0 bridgehead atoms. The quantitative estimate of drug-likeness (QED) is 0.202. The molecule has 0 aliphatic rings. The van der Waals surface area contributed by atoms with Gasteiger partial charge in [-0.3, -0.25) is 9.97 Å². The van der Waals surface area contributed by atoms with Crippen molar-refractivity contribution in [2.24, 2.45) is 0 Å². The summed E-state index contributed by atoms with van der Waals surface area (Å²) < 4.78 is 39.5. The van der Waals surface area contributed by atoms with Gasteiger partial charge in [0.1, 0.15) is 22.4 Å². The summed E-state index contributed by atoms with van der Waals surface area (Å²) in [7, 11) is 0. The summed E-state index contributed by atoms with van der Waals surface area (Å²) in [6, 6.07) is 37.7. The second-order valence-corrected chi connectivity index (χ2v) is 11.7. The third-order valence-corrected chi connectivity index (χ3v) is 9.01. The highest BCUT2D eigenvalue weighted by Crippen LogP contribution is 2.39. The number of rotatable bonds is 3. The molecule has 7 aromatic carbocycles. The topological polar surface area (TPSA) is 56.5 Å². The van der Waals surface area contributed by atoms with Crippen LogP contribution in [0.15, 0.2) is 152 Å². The minimum absolute atomic E-state index is 0.0217. The van der Waals surface area contributed by atoms with E-state index in [-0.39, 0.29) is 41.1 Å². The number of nitrogens with zero attached hydrogens (tertiary/aromatic N) is 5. The van der Waals surface area contributed by atoms with Gasteiger partial charge >= 0.3 is 0 Å². The van der Waals surface area contributed by atoms with Crippen molar-refractivity contribution in [1.29, 1.82) is 0 Å². The predicted molar refractivity (Wildman–Crippen MR) is 193 cm³/mol. The summed E-state index contributed by atoms with van der Waals surface area (Å²) in [6.45, 7) is 0. The van der Waals surface area contributed by atoms with E-state index in [1.807, 2.05) is 89.5 Å². The summed E-state index contributed by atoms with van der Waals surface area (Å²) in [6.07, 6.45) is 3.11. The Labute approximate surface area is 275 Å². The Kier molecular flexibility index (Phi) is 4.72. The van der Waals surface area contributed by atoms with Crippen molar-refractivity contribution < 1.29 is 5.48 Å². The van der Waals surface area contributed by atoms with E-state index >= 15 is 0 Å². The molecule has 0 aliphatic heterocycles. The van der Waals surface area contributed by atoms with E-state index in [4.69, 9.17) is 0 Å². The van der Waals surface area contributed by atoms with Gasteiger partial charge in [-0.05, 0) is 68.7 Å². The Bertz CT molecular complexity index is 3070. The third-order valence-electron chi connectivity index (χ3n) is 9.01. The number of fused-ring (bicyclic) bond motifs is 8. The van der Waals surface area contributed by atoms with Crippen molar-refractivity contribution in [3.8, 4) is 28.2 Å². The van der Waals surface area contributed by atoms with Crippen LogP contribution in [0.4, 0.5) is 0 Å². The zero-order valence-corrected chi connectivity index (χ0v) is 24.9. The first-order chi connectivity index (χ1) is 25.0. The van der Waals surface area contributed by atoms with Gasteiger partial charge in [0.15, 0.2) is 0 Å². The maximum absolute atomic E-state index is 9.44.